The first-order chi connectivity index (χ1) is 10.2. The molecular formula is C14H11ClN4O2. The highest BCUT2D eigenvalue weighted by Crippen LogP contribution is 2.24. The third-order valence-electron chi connectivity index (χ3n) is 2.90. The molecule has 0 aromatic carbocycles. The standard InChI is InChI=1S/C14H11ClN4O2/c1-21-7-11-18-13-8(14(20)19-11)4-5-10(17-13)12-9(15)3-2-6-16-12/h2-6H,7H2,1H3,(H,17,18,19,20). The smallest absolute Gasteiger partial charge is 0.260 e. The molecule has 0 fully saturated rings. The van der Waals surface area contributed by atoms with Crippen molar-refractivity contribution in [3.8, 4) is 11.4 Å². The fraction of sp³-hybridized carbons (Fsp3) is 0.143. The maximum Gasteiger partial charge on any atom is 0.260 e. The van der Waals surface area contributed by atoms with Crippen LogP contribution in [0.4, 0.5) is 0 Å². The molecule has 0 aliphatic heterocycles. The predicted molar refractivity (Wildman–Crippen MR) is 79.1 cm³/mol. The van der Waals surface area contributed by atoms with Crippen LogP contribution in [0.5, 0.6) is 0 Å². The Hall–Kier alpha value is -2.31. The zero-order chi connectivity index (χ0) is 14.8. The summed E-state index contributed by atoms with van der Waals surface area (Å²) in [5.41, 5.74) is 1.20. The number of hydrogen-bond donors (Lipinski definition) is 1. The number of nitrogens with one attached hydrogen (secondary N) is 1. The predicted octanol–water partition coefficient (Wildman–Crippen LogP) is 2.18. The molecule has 0 radical (unpaired) electrons. The van der Waals surface area contributed by atoms with Gasteiger partial charge in [0.05, 0.1) is 16.1 Å². The summed E-state index contributed by atoms with van der Waals surface area (Å²) in [6, 6.07) is 6.83. The number of aromatic nitrogens is 4. The molecule has 0 bridgehead atoms. The summed E-state index contributed by atoms with van der Waals surface area (Å²) in [6.45, 7) is 0.210. The van der Waals surface area contributed by atoms with Crippen LogP contribution in [0, 0.1) is 0 Å². The molecule has 21 heavy (non-hydrogen) atoms. The molecule has 3 aromatic rings. The number of rotatable bonds is 3. The second kappa shape index (κ2) is 5.59. The van der Waals surface area contributed by atoms with Gasteiger partial charge in [0, 0.05) is 13.3 Å². The van der Waals surface area contributed by atoms with E-state index in [9.17, 15) is 4.79 Å². The minimum atomic E-state index is -0.252. The SMILES string of the molecule is COCc1nc2nc(-c3ncccc3Cl)ccc2c(=O)[nH]1. The Bertz CT molecular complexity index is 863. The van der Waals surface area contributed by atoms with Gasteiger partial charge in [-0.15, -0.1) is 0 Å². The van der Waals surface area contributed by atoms with Crippen molar-refractivity contribution in [2.45, 2.75) is 6.61 Å². The molecule has 0 spiro atoms. The summed E-state index contributed by atoms with van der Waals surface area (Å²) in [7, 11) is 1.53. The van der Waals surface area contributed by atoms with Gasteiger partial charge in [-0.3, -0.25) is 9.78 Å². The molecule has 6 nitrogen and oxygen atoms in total. The highest BCUT2D eigenvalue weighted by Gasteiger charge is 2.10. The van der Waals surface area contributed by atoms with Crippen LogP contribution in [-0.2, 0) is 11.3 Å². The van der Waals surface area contributed by atoms with E-state index < -0.39 is 0 Å². The molecule has 3 aromatic heterocycles. The van der Waals surface area contributed by atoms with Crippen molar-refractivity contribution in [3.05, 3.63) is 51.7 Å². The Kier molecular flexibility index (Phi) is 3.64. The van der Waals surface area contributed by atoms with E-state index in [1.165, 1.54) is 7.11 Å². The van der Waals surface area contributed by atoms with Crippen LogP contribution in [0.15, 0.2) is 35.3 Å². The fourth-order valence-corrected chi connectivity index (χ4v) is 2.19. The van der Waals surface area contributed by atoms with Gasteiger partial charge < -0.3 is 9.72 Å². The minimum Gasteiger partial charge on any atom is -0.377 e. The first kappa shape index (κ1) is 13.7. The van der Waals surface area contributed by atoms with E-state index in [-0.39, 0.29) is 12.2 Å². The maximum absolute atomic E-state index is 12.0. The van der Waals surface area contributed by atoms with E-state index in [1.54, 1.807) is 30.5 Å². The Balaban J connectivity index is 2.19. The van der Waals surface area contributed by atoms with Gasteiger partial charge in [-0.05, 0) is 24.3 Å². The van der Waals surface area contributed by atoms with Gasteiger partial charge in [-0.1, -0.05) is 11.6 Å². The van der Waals surface area contributed by atoms with Crippen molar-refractivity contribution >= 4 is 22.6 Å². The quantitative estimate of drug-likeness (QED) is 0.802. The van der Waals surface area contributed by atoms with Gasteiger partial charge in [0.15, 0.2) is 5.65 Å². The van der Waals surface area contributed by atoms with E-state index in [0.717, 1.165) is 0 Å². The van der Waals surface area contributed by atoms with E-state index in [2.05, 4.69) is 19.9 Å². The van der Waals surface area contributed by atoms with Crippen molar-refractivity contribution < 1.29 is 4.74 Å². The number of aromatic amines is 1. The molecule has 0 aliphatic carbocycles. The highest BCUT2D eigenvalue weighted by atomic mass is 35.5. The molecule has 3 rings (SSSR count). The monoisotopic (exact) mass is 302 g/mol. The Labute approximate surface area is 124 Å². The van der Waals surface area contributed by atoms with E-state index in [0.29, 0.717) is 33.3 Å². The molecule has 0 unspecified atom stereocenters. The van der Waals surface area contributed by atoms with Gasteiger partial charge in [-0.2, -0.15) is 0 Å². The van der Waals surface area contributed by atoms with Crippen molar-refractivity contribution in [2.75, 3.05) is 7.11 Å². The lowest BCUT2D eigenvalue weighted by atomic mass is 10.2. The van der Waals surface area contributed by atoms with E-state index in [1.807, 2.05) is 0 Å². The van der Waals surface area contributed by atoms with Crippen molar-refractivity contribution in [3.63, 3.8) is 0 Å². The van der Waals surface area contributed by atoms with Gasteiger partial charge in [0.2, 0.25) is 0 Å². The van der Waals surface area contributed by atoms with E-state index in [4.69, 9.17) is 16.3 Å². The topological polar surface area (TPSA) is 80.8 Å². The number of nitrogens with zero attached hydrogens (tertiary/aromatic N) is 3. The number of halogens is 1. The second-order valence-corrected chi connectivity index (χ2v) is 4.75. The normalized spacial score (nSPS) is 11.0. The summed E-state index contributed by atoms with van der Waals surface area (Å²) in [5, 5.41) is 0.900. The third kappa shape index (κ3) is 2.63. The summed E-state index contributed by atoms with van der Waals surface area (Å²) in [5.74, 6) is 0.423. The number of fused-ring (bicyclic) bond motifs is 1. The van der Waals surface area contributed by atoms with Crippen molar-refractivity contribution in [1.82, 2.24) is 19.9 Å². The number of pyridine rings is 2. The number of H-pyrrole nitrogens is 1. The second-order valence-electron chi connectivity index (χ2n) is 4.35. The van der Waals surface area contributed by atoms with Crippen LogP contribution >= 0.6 is 11.6 Å². The lowest BCUT2D eigenvalue weighted by Crippen LogP contribution is -2.13. The first-order valence-corrected chi connectivity index (χ1v) is 6.56. The zero-order valence-corrected chi connectivity index (χ0v) is 11.9. The van der Waals surface area contributed by atoms with Crippen molar-refractivity contribution in [2.24, 2.45) is 0 Å². The van der Waals surface area contributed by atoms with E-state index >= 15 is 0 Å². The minimum absolute atomic E-state index is 0.210. The van der Waals surface area contributed by atoms with Crippen LogP contribution in [0.3, 0.4) is 0 Å². The van der Waals surface area contributed by atoms with Crippen LogP contribution in [0.25, 0.3) is 22.4 Å². The van der Waals surface area contributed by atoms with Crippen molar-refractivity contribution in [1.29, 1.82) is 0 Å². The molecule has 7 heteroatoms. The average Bonchev–Trinajstić information content (AvgIpc) is 2.47. The number of methoxy groups -OCH3 is 1. The zero-order valence-electron chi connectivity index (χ0n) is 11.1. The average molecular weight is 303 g/mol. The van der Waals surface area contributed by atoms with Gasteiger partial charge in [0.1, 0.15) is 18.1 Å². The lowest BCUT2D eigenvalue weighted by molar-refractivity contribution is 0.178. The largest absolute Gasteiger partial charge is 0.377 e. The molecule has 0 saturated heterocycles. The first-order valence-electron chi connectivity index (χ1n) is 6.19. The van der Waals surface area contributed by atoms with Crippen LogP contribution in [-0.4, -0.2) is 27.0 Å². The van der Waals surface area contributed by atoms with Gasteiger partial charge >= 0.3 is 0 Å². The Morgan fingerprint density at radius 3 is 2.90 bits per heavy atom. The summed E-state index contributed by atoms with van der Waals surface area (Å²) >= 11 is 6.11. The molecule has 3 heterocycles. The lowest BCUT2D eigenvalue weighted by Gasteiger charge is -2.05. The summed E-state index contributed by atoms with van der Waals surface area (Å²) < 4.78 is 4.97. The molecule has 0 atom stereocenters. The van der Waals surface area contributed by atoms with Gasteiger partial charge in [-0.25, -0.2) is 9.97 Å². The third-order valence-corrected chi connectivity index (χ3v) is 3.21. The molecule has 0 aliphatic rings. The molecule has 106 valence electrons. The highest BCUT2D eigenvalue weighted by molar-refractivity contribution is 6.32. The Morgan fingerprint density at radius 2 is 2.14 bits per heavy atom. The Morgan fingerprint density at radius 1 is 1.29 bits per heavy atom. The number of ether oxygens (including phenoxy) is 1. The summed E-state index contributed by atoms with van der Waals surface area (Å²) in [6.07, 6.45) is 1.63. The molecule has 0 amide bonds. The molecular weight excluding hydrogens is 292 g/mol. The van der Waals surface area contributed by atoms with Crippen LogP contribution < -0.4 is 5.56 Å². The summed E-state index contributed by atoms with van der Waals surface area (Å²) in [4.78, 5) is 27.5. The molecule has 1 N–H and O–H groups in total. The van der Waals surface area contributed by atoms with Crippen LogP contribution in [0.1, 0.15) is 5.82 Å². The number of hydrogen-bond acceptors (Lipinski definition) is 5. The van der Waals surface area contributed by atoms with Gasteiger partial charge in [0.25, 0.3) is 5.56 Å². The molecule has 0 saturated carbocycles. The van der Waals surface area contributed by atoms with Crippen LogP contribution in [0.2, 0.25) is 5.02 Å². The maximum atomic E-state index is 12.0. The fourth-order valence-electron chi connectivity index (χ4n) is 1.98.